The number of phenolic OH excluding ortho intramolecular Hbond substituents is 1. The molecule has 53 heavy (non-hydrogen) atoms. The number of imide groups is 2. The van der Waals surface area contributed by atoms with Crippen molar-refractivity contribution in [1.82, 2.24) is 10.6 Å². The monoisotopic (exact) mass is 802 g/mol. The van der Waals surface area contributed by atoms with E-state index >= 15 is 0 Å². The van der Waals surface area contributed by atoms with E-state index in [4.69, 9.17) is 23.7 Å². The van der Waals surface area contributed by atoms with Crippen LogP contribution in [-0.2, 0) is 19.1 Å². The van der Waals surface area contributed by atoms with Gasteiger partial charge in [-0.3, -0.25) is 29.8 Å². The molecule has 5 aromatic rings. The molecule has 4 amide bonds. The topological polar surface area (TPSA) is 159 Å². The van der Waals surface area contributed by atoms with Crippen LogP contribution in [0.15, 0.2) is 89.4 Å². The first-order valence-electron chi connectivity index (χ1n) is 16.8. The number of phenols is 1. The molecule has 0 aliphatic carbocycles. The Labute approximate surface area is 317 Å². The lowest BCUT2D eigenvalue weighted by molar-refractivity contribution is -0.132. The Morgan fingerprint density at radius 1 is 0.642 bits per heavy atom. The second kappa shape index (κ2) is 18.0. The van der Waals surface area contributed by atoms with Crippen molar-refractivity contribution in [3.05, 3.63) is 101 Å². The summed E-state index contributed by atoms with van der Waals surface area (Å²) in [6.07, 6.45) is 1.72. The first-order valence-corrected chi connectivity index (χ1v) is 18.4. The molecule has 7 rings (SSSR count). The molecule has 12 nitrogen and oxygen atoms in total. The first kappa shape index (κ1) is 37.5. The quantitative estimate of drug-likeness (QED) is 0.0788. The second-order valence-corrected chi connectivity index (χ2v) is 13.7. The molecule has 0 spiro atoms. The van der Waals surface area contributed by atoms with Gasteiger partial charge in [0.05, 0.1) is 42.4 Å². The van der Waals surface area contributed by atoms with Crippen molar-refractivity contribution in [2.45, 2.75) is 19.3 Å². The predicted octanol–water partition coefficient (Wildman–Crippen LogP) is 7.02. The number of amides is 4. The largest absolute Gasteiger partial charge is 0.508 e. The van der Waals surface area contributed by atoms with Crippen molar-refractivity contribution in [3.63, 3.8) is 0 Å². The summed E-state index contributed by atoms with van der Waals surface area (Å²) in [4.78, 5) is 45.0. The van der Waals surface area contributed by atoms with Crippen LogP contribution in [0, 0.1) is 0 Å². The van der Waals surface area contributed by atoms with Crippen LogP contribution in [0.25, 0.3) is 20.5 Å². The second-order valence-electron chi connectivity index (χ2n) is 11.8. The minimum atomic E-state index is -0.415. The lowest BCUT2D eigenvalue weighted by Crippen LogP contribution is -2.33. The highest BCUT2D eigenvalue weighted by Gasteiger charge is 2.27. The zero-order valence-corrected chi connectivity index (χ0v) is 30.8. The fraction of sp³-hybridized carbons (Fsp3) is 0.231. The number of aromatic hydroxyl groups is 1. The Morgan fingerprint density at radius 3 is 1.91 bits per heavy atom. The van der Waals surface area contributed by atoms with Crippen LogP contribution in [0.1, 0.15) is 40.0 Å². The first-order chi connectivity index (χ1) is 25.7. The van der Waals surface area contributed by atoms with E-state index in [1.165, 1.54) is 0 Å². The third-order valence-corrected chi connectivity index (χ3v) is 9.65. The highest BCUT2D eigenvalue weighted by molar-refractivity contribution is 9.10. The molecule has 1 saturated heterocycles. The fourth-order valence-electron chi connectivity index (χ4n) is 5.36. The lowest BCUT2D eigenvalue weighted by Gasteiger charge is -2.11. The number of benzene rings is 4. The number of fused-ring (bicyclic) bond motifs is 2. The van der Waals surface area contributed by atoms with E-state index in [1.54, 1.807) is 41.7 Å². The molecule has 3 heterocycles. The molecule has 2 aliphatic heterocycles. The molecule has 0 unspecified atom stereocenters. The average molecular weight is 804 g/mol. The van der Waals surface area contributed by atoms with E-state index in [9.17, 15) is 24.3 Å². The van der Waals surface area contributed by atoms with Crippen LogP contribution in [-0.4, -0.2) is 68.4 Å². The van der Waals surface area contributed by atoms with Crippen LogP contribution < -0.4 is 24.8 Å². The molecular weight excluding hydrogens is 768 g/mol. The number of halogens is 1. The Morgan fingerprint density at radius 2 is 1.25 bits per heavy atom. The van der Waals surface area contributed by atoms with Gasteiger partial charge in [-0.1, -0.05) is 28.1 Å². The standard InChI is InChI=1S/C34H28BrNO8S.C5H7NO2/c35-22-3-1-21(2-4-22)32-31(28-11-5-23(37)19-30(28)45-32)44-25-8-6-24(7-9-25)42-17-15-40-13-14-41-16-18-43-26-10-12-27-29(20-26)34(39)36-33(27)38;7-4-2-1-3-5(8)6-4/h1-12,19-20,37H,13-18H2,(H,36,38,39);1-3H2,(H,6,7,8). The van der Waals surface area contributed by atoms with Crippen molar-refractivity contribution in [2.75, 3.05) is 39.6 Å². The zero-order valence-electron chi connectivity index (χ0n) is 28.4. The van der Waals surface area contributed by atoms with E-state index in [1.807, 2.05) is 54.6 Å². The maximum atomic E-state index is 11.8. The number of thiophene rings is 1. The van der Waals surface area contributed by atoms with Gasteiger partial charge in [-0.05, 0) is 84.8 Å². The zero-order chi connectivity index (χ0) is 37.2. The van der Waals surface area contributed by atoms with Gasteiger partial charge >= 0.3 is 0 Å². The number of hydrogen-bond donors (Lipinski definition) is 3. The molecule has 4 aromatic carbocycles. The number of piperidine rings is 1. The Balaban J connectivity index is 0.000000533. The molecule has 274 valence electrons. The van der Waals surface area contributed by atoms with Gasteiger partial charge in [-0.2, -0.15) is 0 Å². The predicted molar refractivity (Wildman–Crippen MR) is 201 cm³/mol. The van der Waals surface area contributed by atoms with Gasteiger partial charge in [0.2, 0.25) is 11.8 Å². The van der Waals surface area contributed by atoms with Crippen LogP contribution in [0.2, 0.25) is 0 Å². The van der Waals surface area contributed by atoms with Gasteiger partial charge in [-0.25, -0.2) is 0 Å². The summed E-state index contributed by atoms with van der Waals surface area (Å²) in [5.74, 6) is 1.74. The molecule has 3 N–H and O–H groups in total. The smallest absolute Gasteiger partial charge is 0.259 e. The van der Waals surface area contributed by atoms with E-state index in [2.05, 4.69) is 26.6 Å². The molecule has 0 bridgehead atoms. The van der Waals surface area contributed by atoms with Crippen molar-refractivity contribution in [2.24, 2.45) is 0 Å². The number of carbonyl (C=O) groups is 4. The number of ether oxygens (including phenoxy) is 5. The fourth-order valence-corrected chi connectivity index (χ4v) is 6.79. The summed E-state index contributed by atoms with van der Waals surface area (Å²) >= 11 is 5.06. The number of rotatable bonds is 14. The summed E-state index contributed by atoms with van der Waals surface area (Å²) in [5.41, 5.74) is 1.70. The van der Waals surface area contributed by atoms with Crippen molar-refractivity contribution in [3.8, 4) is 39.2 Å². The van der Waals surface area contributed by atoms with Crippen LogP contribution in [0.5, 0.6) is 28.7 Å². The van der Waals surface area contributed by atoms with E-state index in [-0.39, 0.29) is 17.6 Å². The molecule has 2 aliphatic rings. The number of carbonyl (C=O) groups excluding carboxylic acids is 4. The summed E-state index contributed by atoms with van der Waals surface area (Å²) in [5, 5.41) is 15.4. The SMILES string of the molecule is O=C1CCCC(=O)N1.O=C1NC(=O)c2cc(OCCOCCOCCOc3ccc(Oc4c(-c5ccc(Br)cc5)sc5cc(O)ccc45)cc3)ccc21. The normalized spacial score (nSPS) is 13.5. The number of nitrogens with one attached hydrogen (secondary N) is 2. The van der Waals surface area contributed by atoms with Gasteiger partial charge in [-0.15, -0.1) is 11.3 Å². The van der Waals surface area contributed by atoms with E-state index in [0.29, 0.717) is 87.3 Å². The average Bonchev–Trinajstić information content (AvgIpc) is 3.64. The van der Waals surface area contributed by atoms with Crippen LogP contribution in [0.4, 0.5) is 0 Å². The number of hydrogen-bond acceptors (Lipinski definition) is 11. The van der Waals surface area contributed by atoms with Crippen LogP contribution >= 0.6 is 27.3 Å². The molecule has 0 radical (unpaired) electrons. The molecule has 14 heteroatoms. The third-order valence-electron chi connectivity index (χ3n) is 7.94. The maximum Gasteiger partial charge on any atom is 0.259 e. The van der Waals surface area contributed by atoms with Gasteiger partial charge in [0.15, 0.2) is 5.75 Å². The van der Waals surface area contributed by atoms with Crippen molar-refractivity contribution < 1.29 is 48.0 Å². The van der Waals surface area contributed by atoms with E-state index < -0.39 is 11.8 Å². The Bertz CT molecular complexity index is 2090. The Kier molecular flexibility index (Phi) is 12.7. The summed E-state index contributed by atoms with van der Waals surface area (Å²) < 4.78 is 30.8. The van der Waals surface area contributed by atoms with Gasteiger partial charge in [0, 0.05) is 27.4 Å². The Hall–Kier alpha value is -5.28. The van der Waals surface area contributed by atoms with Crippen molar-refractivity contribution >= 4 is 61.0 Å². The van der Waals surface area contributed by atoms with Gasteiger partial charge < -0.3 is 28.8 Å². The summed E-state index contributed by atoms with van der Waals surface area (Å²) in [7, 11) is 0. The van der Waals surface area contributed by atoms with Gasteiger partial charge in [0.25, 0.3) is 11.8 Å². The molecule has 0 atom stereocenters. The summed E-state index contributed by atoms with van der Waals surface area (Å²) in [6.45, 7) is 2.24. The highest BCUT2D eigenvalue weighted by atomic mass is 79.9. The highest BCUT2D eigenvalue weighted by Crippen LogP contribution is 2.47. The molecule has 1 fully saturated rings. The molecule has 0 saturated carbocycles. The van der Waals surface area contributed by atoms with Gasteiger partial charge in [0.1, 0.15) is 36.2 Å². The van der Waals surface area contributed by atoms with Crippen molar-refractivity contribution in [1.29, 1.82) is 0 Å². The minimum absolute atomic E-state index is 0.138. The van der Waals surface area contributed by atoms with E-state index in [0.717, 1.165) is 30.7 Å². The third kappa shape index (κ3) is 10.2. The van der Waals surface area contributed by atoms with Crippen LogP contribution in [0.3, 0.4) is 0 Å². The maximum absolute atomic E-state index is 11.8. The molecular formula is C39H35BrN2O10S. The summed E-state index contributed by atoms with van der Waals surface area (Å²) in [6, 6.07) is 25.5. The molecule has 1 aromatic heterocycles. The minimum Gasteiger partial charge on any atom is -0.508 e. The lowest BCUT2D eigenvalue weighted by atomic mass is 10.1.